The van der Waals surface area contributed by atoms with E-state index in [1.807, 2.05) is 18.4 Å². The Bertz CT molecular complexity index is 487. The monoisotopic (exact) mass is 350 g/mol. The molecule has 0 amide bonds. The zero-order chi connectivity index (χ0) is 17.4. The summed E-state index contributed by atoms with van der Waals surface area (Å²) in [7, 11) is 1.86. The summed E-state index contributed by atoms with van der Waals surface area (Å²) in [5.41, 5.74) is 0.122. The lowest BCUT2D eigenvalue weighted by Gasteiger charge is -2.32. The molecule has 4 nitrogen and oxygen atoms in total. The number of rotatable bonds is 7. The topological polar surface area (TPSA) is 39.7 Å². The number of thiophene rings is 1. The molecular formula is C19H34N4S. The van der Waals surface area contributed by atoms with Gasteiger partial charge in [-0.3, -0.25) is 4.99 Å². The van der Waals surface area contributed by atoms with E-state index in [0.29, 0.717) is 0 Å². The number of likely N-dealkylation sites (tertiary alicyclic amines) is 1. The van der Waals surface area contributed by atoms with Crippen LogP contribution in [0.2, 0.25) is 0 Å². The van der Waals surface area contributed by atoms with Crippen LogP contribution in [0, 0.1) is 5.92 Å². The number of guanidine groups is 1. The van der Waals surface area contributed by atoms with Crippen LogP contribution < -0.4 is 10.6 Å². The minimum Gasteiger partial charge on any atom is -0.356 e. The second-order valence-electron chi connectivity index (χ2n) is 7.45. The SMILES string of the molecule is CCCN1CCC(CNC(=NC)NCC(C)(C)c2cccs2)CC1. The number of piperidine rings is 1. The molecule has 0 atom stereocenters. The van der Waals surface area contributed by atoms with Gasteiger partial charge in [-0.05, 0) is 56.3 Å². The molecule has 1 saturated heterocycles. The number of nitrogens with one attached hydrogen (secondary N) is 2. The van der Waals surface area contributed by atoms with Crippen LogP contribution in [0.1, 0.15) is 44.9 Å². The van der Waals surface area contributed by atoms with Gasteiger partial charge in [0.05, 0.1) is 0 Å². The maximum absolute atomic E-state index is 4.39. The quantitative estimate of drug-likeness (QED) is 0.585. The van der Waals surface area contributed by atoms with Crippen LogP contribution in [0.15, 0.2) is 22.5 Å². The second kappa shape index (κ2) is 9.42. The fourth-order valence-electron chi connectivity index (χ4n) is 3.25. The minimum absolute atomic E-state index is 0.122. The summed E-state index contributed by atoms with van der Waals surface area (Å²) in [5, 5.41) is 9.18. The normalized spacial score (nSPS) is 17.9. The van der Waals surface area contributed by atoms with Crippen molar-refractivity contribution in [1.29, 1.82) is 0 Å². The maximum atomic E-state index is 4.39. The summed E-state index contributed by atoms with van der Waals surface area (Å²) in [6, 6.07) is 4.34. The van der Waals surface area contributed by atoms with Crippen molar-refractivity contribution in [1.82, 2.24) is 15.5 Å². The molecular weight excluding hydrogens is 316 g/mol. The Morgan fingerprint density at radius 2 is 2.08 bits per heavy atom. The van der Waals surface area contributed by atoms with E-state index in [2.05, 4.69) is 58.8 Å². The highest BCUT2D eigenvalue weighted by atomic mass is 32.1. The molecule has 1 aromatic rings. The number of hydrogen-bond donors (Lipinski definition) is 2. The van der Waals surface area contributed by atoms with Gasteiger partial charge in [0.2, 0.25) is 0 Å². The zero-order valence-corrected chi connectivity index (χ0v) is 16.6. The van der Waals surface area contributed by atoms with Crippen molar-refractivity contribution in [3.63, 3.8) is 0 Å². The molecule has 136 valence electrons. The smallest absolute Gasteiger partial charge is 0.191 e. The molecule has 1 aliphatic heterocycles. The molecule has 2 rings (SSSR count). The summed E-state index contributed by atoms with van der Waals surface area (Å²) in [6.45, 7) is 12.5. The molecule has 0 radical (unpaired) electrons. The van der Waals surface area contributed by atoms with Gasteiger partial charge in [0, 0.05) is 30.4 Å². The average Bonchev–Trinajstić information content (AvgIpc) is 3.12. The lowest BCUT2D eigenvalue weighted by atomic mass is 9.91. The van der Waals surface area contributed by atoms with E-state index < -0.39 is 0 Å². The van der Waals surface area contributed by atoms with E-state index in [-0.39, 0.29) is 5.41 Å². The molecule has 2 heterocycles. The van der Waals surface area contributed by atoms with E-state index in [1.165, 1.54) is 43.8 Å². The Morgan fingerprint density at radius 1 is 1.33 bits per heavy atom. The molecule has 0 aliphatic carbocycles. The predicted octanol–water partition coefficient (Wildman–Crippen LogP) is 3.31. The molecule has 0 unspecified atom stereocenters. The number of hydrogen-bond acceptors (Lipinski definition) is 3. The summed E-state index contributed by atoms with van der Waals surface area (Å²) in [4.78, 5) is 8.39. The molecule has 24 heavy (non-hydrogen) atoms. The van der Waals surface area contributed by atoms with Crippen molar-refractivity contribution in [3.05, 3.63) is 22.4 Å². The summed E-state index contributed by atoms with van der Waals surface area (Å²) in [5.74, 6) is 1.69. The molecule has 1 fully saturated rings. The molecule has 2 N–H and O–H groups in total. The van der Waals surface area contributed by atoms with E-state index in [0.717, 1.165) is 25.0 Å². The highest BCUT2D eigenvalue weighted by Crippen LogP contribution is 2.26. The van der Waals surface area contributed by atoms with Crippen LogP contribution in [-0.2, 0) is 5.41 Å². The van der Waals surface area contributed by atoms with Crippen LogP contribution in [0.25, 0.3) is 0 Å². The van der Waals surface area contributed by atoms with Gasteiger partial charge in [-0.15, -0.1) is 11.3 Å². The van der Waals surface area contributed by atoms with Crippen LogP contribution >= 0.6 is 11.3 Å². The van der Waals surface area contributed by atoms with Crippen molar-refractivity contribution in [2.75, 3.05) is 39.8 Å². The molecule has 1 aromatic heterocycles. The lowest BCUT2D eigenvalue weighted by molar-refractivity contribution is 0.185. The third kappa shape index (κ3) is 5.78. The molecule has 5 heteroatoms. The fourth-order valence-corrected chi connectivity index (χ4v) is 4.10. The van der Waals surface area contributed by atoms with Gasteiger partial charge in [-0.1, -0.05) is 26.8 Å². The van der Waals surface area contributed by atoms with Crippen LogP contribution in [0.5, 0.6) is 0 Å². The van der Waals surface area contributed by atoms with E-state index >= 15 is 0 Å². The molecule has 0 spiro atoms. The minimum atomic E-state index is 0.122. The predicted molar refractivity (Wildman–Crippen MR) is 106 cm³/mol. The summed E-state index contributed by atoms with van der Waals surface area (Å²) in [6.07, 6.45) is 3.86. The van der Waals surface area contributed by atoms with Crippen molar-refractivity contribution >= 4 is 17.3 Å². The Balaban J connectivity index is 1.71. The van der Waals surface area contributed by atoms with Gasteiger partial charge in [0.15, 0.2) is 5.96 Å². The van der Waals surface area contributed by atoms with Crippen molar-refractivity contribution in [3.8, 4) is 0 Å². The maximum Gasteiger partial charge on any atom is 0.191 e. The Hall–Kier alpha value is -1.07. The van der Waals surface area contributed by atoms with Crippen molar-refractivity contribution in [2.24, 2.45) is 10.9 Å². The van der Waals surface area contributed by atoms with Gasteiger partial charge in [-0.25, -0.2) is 0 Å². The van der Waals surface area contributed by atoms with Crippen molar-refractivity contribution in [2.45, 2.75) is 45.4 Å². The van der Waals surface area contributed by atoms with Gasteiger partial charge in [0.1, 0.15) is 0 Å². The van der Waals surface area contributed by atoms with E-state index in [1.54, 1.807) is 0 Å². The zero-order valence-electron chi connectivity index (χ0n) is 15.8. The second-order valence-corrected chi connectivity index (χ2v) is 8.40. The van der Waals surface area contributed by atoms with Gasteiger partial charge < -0.3 is 15.5 Å². The Morgan fingerprint density at radius 3 is 2.67 bits per heavy atom. The first-order valence-corrected chi connectivity index (χ1v) is 10.1. The average molecular weight is 351 g/mol. The van der Waals surface area contributed by atoms with E-state index in [4.69, 9.17) is 0 Å². The summed E-state index contributed by atoms with van der Waals surface area (Å²) >= 11 is 1.82. The third-order valence-electron chi connectivity index (χ3n) is 4.91. The highest BCUT2D eigenvalue weighted by molar-refractivity contribution is 7.10. The van der Waals surface area contributed by atoms with Crippen molar-refractivity contribution < 1.29 is 0 Å². The first-order chi connectivity index (χ1) is 11.5. The lowest BCUT2D eigenvalue weighted by Crippen LogP contribution is -2.46. The van der Waals surface area contributed by atoms with Crippen LogP contribution in [0.3, 0.4) is 0 Å². The van der Waals surface area contributed by atoms with Crippen LogP contribution in [0.4, 0.5) is 0 Å². The Kier molecular flexibility index (Phi) is 7.56. The van der Waals surface area contributed by atoms with Gasteiger partial charge in [-0.2, -0.15) is 0 Å². The van der Waals surface area contributed by atoms with Gasteiger partial charge in [0.25, 0.3) is 0 Å². The van der Waals surface area contributed by atoms with E-state index in [9.17, 15) is 0 Å². The number of aliphatic imine (C=N–C) groups is 1. The molecule has 1 aliphatic rings. The van der Waals surface area contributed by atoms with Gasteiger partial charge >= 0.3 is 0 Å². The standard InChI is InChI=1S/C19H34N4S/c1-5-10-23-11-8-16(9-12-23)14-21-18(20-4)22-15-19(2,3)17-7-6-13-24-17/h6-7,13,16H,5,8-12,14-15H2,1-4H3,(H2,20,21,22). The van der Waals surface area contributed by atoms with Crippen LogP contribution in [-0.4, -0.2) is 50.6 Å². The summed E-state index contributed by atoms with van der Waals surface area (Å²) < 4.78 is 0. The molecule has 0 aromatic carbocycles. The first-order valence-electron chi connectivity index (χ1n) is 9.26. The number of nitrogens with zero attached hydrogens (tertiary/aromatic N) is 2. The fraction of sp³-hybridized carbons (Fsp3) is 0.737. The Labute approximate surface area is 151 Å². The largest absolute Gasteiger partial charge is 0.356 e. The molecule has 0 bridgehead atoms. The third-order valence-corrected chi connectivity index (χ3v) is 6.15. The first kappa shape index (κ1) is 19.3. The molecule has 0 saturated carbocycles. The highest BCUT2D eigenvalue weighted by Gasteiger charge is 2.22.